The molecule has 5 heteroatoms. The summed E-state index contributed by atoms with van der Waals surface area (Å²) in [6.45, 7) is 0.487. The summed E-state index contributed by atoms with van der Waals surface area (Å²) in [5, 5.41) is 1.49. The number of alkyl halides is 1. The van der Waals surface area contributed by atoms with Gasteiger partial charge in [0.1, 0.15) is 0 Å². The minimum Gasteiger partial charge on any atom is -0.341 e. The summed E-state index contributed by atoms with van der Waals surface area (Å²) in [7, 11) is 1.73. The Morgan fingerprint density at radius 2 is 2.13 bits per heavy atom. The van der Waals surface area contributed by atoms with Gasteiger partial charge in [-0.05, 0) is 17.7 Å². The molecule has 1 amide bonds. The van der Waals surface area contributed by atoms with Gasteiger partial charge in [0.25, 0.3) is 0 Å². The fourth-order valence-corrected chi connectivity index (χ4v) is 1.99. The molecule has 1 aromatic rings. The summed E-state index contributed by atoms with van der Waals surface area (Å²) in [6, 6.07) is 5.25. The molecule has 0 spiro atoms. The number of hydrogen-bond acceptors (Lipinski definition) is 1. The van der Waals surface area contributed by atoms with Crippen LogP contribution >= 0.6 is 39.1 Å². The van der Waals surface area contributed by atoms with Crippen LogP contribution in [0.2, 0.25) is 10.0 Å². The summed E-state index contributed by atoms with van der Waals surface area (Å²) < 4.78 is 0. The van der Waals surface area contributed by atoms with Crippen LogP contribution in [0.4, 0.5) is 0 Å². The van der Waals surface area contributed by atoms with Gasteiger partial charge in [-0.3, -0.25) is 4.79 Å². The van der Waals surface area contributed by atoms with Crippen molar-refractivity contribution < 1.29 is 4.79 Å². The van der Waals surface area contributed by atoms with E-state index in [4.69, 9.17) is 23.2 Å². The van der Waals surface area contributed by atoms with E-state index < -0.39 is 0 Å². The highest BCUT2D eigenvalue weighted by atomic mass is 79.9. The average molecular weight is 311 g/mol. The Kier molecular flexibility index (Phi) is 4.90. The van der Waals surface area contributed by atoms with Gasteiger partial charge < -0.3 is 4.90 Å². The Balaban J connectivity index is 2.76. The standard InChI is InChI=1S/C10H10BrCl2NO/c1-14(10(15)5-11)6-7-2-3-8(12)4-9(7)13/h2-4H,5-6H2,1H3. The predicted octanol–water partition coefficient (Wildman–Crippen LogP) is 3.35. The molecule has 0 heterocycles. The Morgan fingerprint density at radius 1 is 1.47 bits per heavy atom. The van der Waals surface area contributed by atoms with Crippen molar-refractivity contribution >= 4 is 45.0 Å². The van der Waals surface area contributed by atoms with E-state index in [1.54, 1.807) is 24.1 Å². The van der Waals surface area contributed by atoms with E-state index in [1.807, 2.05) is 6.07 Å². The minimum atomic E-state index is 0.0148. The van der Waals surface area contributed by atoms with Crippen LogP contribution in [0.25, 0.3) is 0 Å². The molecular weight excluding hydrogens is 301 g/mol. The van der Waals surface area contributed by atoms with Crippen molar-refractivity contribution in [2.45, 2.75) is 6.54 Å². The molecule has 0 saturated carbocycles. The quantitative estimate of drug-likeness (QED) is 0.784. The molecular formula is C10H10BrCl2NO. The number of carbonyl (C=O) groups is 1. The lowest BCUT2D eigenvalue weighted by molar-refractivity contribution is -0.127. The first-order valence-electron chi connectivity index (χ1n) is 4.28. The van der Waals surface area contributed by atoms with Crippen LogP contribution in [0.3, 0.4) is 0 Å². The van der Waals surface area contributed by atoms with Gasteiger partial charge in [-0.2, -0.15) is 0 Å². The third-order valence-electron chi connectivity index (χ3n) is 1.96. The number of nitrogens with zero attached hydrogens (tertiary/aromatic N) is 1. The van der Waals surface area contributed by atoms with E-state index in [0.29, 0.717) is 21.9 Å². The molecule has 0 bridgehead atoms. The van der Waals surface area contributed by atoms with Gasteiger partial charge in [-0.1, -0.05) is 45.2 Å². The topological polar surface area (TPSA) is 20.3 Å². The van der Waals surface area contributed by atoms with Gasteiger partial charge >= 0.3 is 0 Å². The molecule has 1 aromatic carbocycles. The largest absolute Gasteiger partial charge is 0.341 e. The number of amides is 1. The van der Waals surface area contributed by atoms with Crippen LogP contribution < -0.4 is 0 Å². The predicted molar refractivity (Wildman–Crippen MR) is 66.7 cm³/mol. The SMILES string of the molecule is CN(Cc1ccc(Cl)cc1Cl)C(=O)CBr. The van der Waals surface area contributed by atoms with Crippen molar-refractivity contribution in [1.82, 2.24) is 4.90 Å². The second-order valence-electron chi connectivity index (χ2n) is 3.12. The molecule has 0 aromatic heterocycles. The fraction of sp³-hybridized carbons (Fsp3) is 0.300. The van der Waals surface area contributed by atoms with E-state index in [1.165, 1.54) is 0 Å². The Bertz CT molecular complexity index is 370. The first-order valence-corrected chi connectivity index (χ1v) is 6.16. The van der Waals surface area contributed by atoms with Gasteiger partial charge in [0.2, 0.25) is 5.91 Å². The van der Waals surface area contributed by atoms with Crippen molar-refractivity contribution in [3.05, 3.63) is 33.8 Å². The zero-order valence-electron chi connectivity index (χ0n) is 8.14. The number of rotatable bonds is 3. The molecule has 0 N–H and O–H groups in total. The normalized spacial score (nSPS) is 10.1. The Morgan fingerprint density at radius 3 is 2.67 bits per heavy atom. The lowest BCUT2D eigenvalue weighted by Crippen LogP contribution is -2.27. The van der Waals surface area contributed by atoms with Gasteiger partial charge in [-0.25, -0.2) is 0 Å². The maximum atomic E-state index is 11.3. The van der Waals surface area contributed by atoms with Gasteiger partial charge in [0, 0.05) is 23.6 Å². The first-order chi connectivity index (χ1) is 7.04. The van der Waals surface area contributed by atoms with Crippen LogP contribution in [0, 0.1) is 0 Å². The zero-order chi connectivity index (χ0) is 11.4. The third kappa shape index (κ3) is 3.67. The van der Waals surface area contributed by atoms with Gasteiger partial charge in [-0.15, -0.1) is 0 Å². The second kappa shape index (κ2) is 5.73. The monoisotopic (exact) mass is 309 g/mol. The Labute approximate surface area is 107 Å². The average Bonchev–Trinajstić information content (AvgIpc) is 2.20. The summed E-state index contributed by atoms with van der Waals surface area (Å²) in [5.74, 6) is 0.0148. The second-order valence-corrected chi connectivity index (χ2v) is 4.52. The molecule has 0 saturated heterocycles. The van der Waals surface area contributed by atoms with E-state index in [0.717, 1.165) is 5.56 Å². The van der Waals surface area contributed by atoms with Gasteiger partial charge in [0.05, 0.1) is 5.33 Å². The molecule has 2 nitrogen and oxygen atoms in total. The van der Waals surface area contributed by atoms with Crippen LogP contribution in [0.15, 0.2) is 18.2 Å². The summed E-state index contributed by atoms with van der Waals surface area (Å²) in [6.07, 6.45) is 0. The van der Waals surface area contributed by atoms with Crippen LogP contribution in [-0.2, 0) is 11.3 Å². The summed E-state index contributed by atoms with van der Waals surface area (Å²) in [5.41, 5.74) is 0.887. The molecule has 0 unspecified atom stereocenters. The van der Waals surface area contributed by atoms with E-state index in [9.17, 15) is 4.79 Å². The van der Waals surface area contributed by atoms with Crippen LogP contribution in [0.1, 0.15) is 5.56 Å². The molecule has 0 aliphatic rings. The smallest absolute Gasteiger partial charge is 0.233 e. The number of hydrogen-bond donors (Lipinski definition) is 0. The van der Waals surface area contributed by atoms with E-state index >= 15 is 0 Å². The highest BCUT2D eigenvalue weighted by molar-refractivity contribution is 9.09. The molecule has 0 fully saturated rings. The molecule has 0 atom stereocenters. The van der Waals surface area contributed by atoms with Crippen molar-refractivity contribution in [2.24, 2.45) is 0 Å². The number of benzene rings is 1. The van der Waals surface area contributed by atoms with E-state index in [2.05, 4.69) is 15.9 Å². The zero-order valence-corrected chi connectivity index (χ0v) is 11.2. The van der Waals surface area contributed by atoms with Crippen molar-refractivity contribution in [2.75, 3.05) is 12.4 Å². The lowest BCUT2D eigenvalue weighted by atomic mass is 10.2. The van der Waals surface area contributed by atoms with Crippen molar-refractivity contribution in [3.63, 3.8) is 0 Å². The van der Waals surface area contributed by atoms with Crippen molar-refractivity contribution in [1.29, 1.82) is 0 Å². The molecule has 82 valence electrons. The maximum absolute atomic E-state index is 11.3. The molecule has 0 radical (unpaired) electrons. The molecule has 0 aliphatic carbocycles. The molecule has 1 rings (SSSR count). The van der Waals surface area contributed by atoms with E-state index in [-0.39, 0.29) is 5.91 Å². The van der Waals surface area contributed by atoms with Crippen molar-refractivity contribution in [3.8, 4) is 0 Å². The summed E-state index contributed by atoms with van der Waals surface area (Å²) >= 11 is 14.9. The van der Waals surface area contributed by atoms with Crippen LogP contribution in [0.5, 0.6) is 0 Å². The minimum absolute atomic E-state index is 0.0148. The van der Waals surface area contributed by atoms with Gasteiger partial charge in [0.15, 0.2) is 0 Å². The fourth-order valence-electron chi connectivity index (χ4n) is 1.10. The lowest BCUT2D eigenvalue weighted by Gasteiger charge is -2.16. The first kappa shape index (κ1) is 12.8. The maximum Gasteiger partial charge on any atom is 0.233 e. The number of halogens is 3. The highest BCUT2D eigenvalue weighted by Crippen LogP contribution is 2.21. The number of carbonyl (C=O) groups excluding carboxylic acids is 1. The third-order valence-corrected chi connectivity index (χ3v) is 3.03. The summed E-state index contributed by atoms with van der Waals surface area (Å²) in [4.78, 5) is 12.9. The highest BCUT2D eigenvalue weighted by Gasteiger charge is 2.09. The Hall–Kier alpha value is -0.250. The molecule has 0 aliphatic heterocycles. The van der Waals surface area contributed by atoms with Crippen LogP contribution in [-0.4, -0.2) is 23.2 Å². The molecule has 15 heavy (non-hydrogen) atoms.